The van der Waals surface area contributed by atoms with E-state index >= 15 is 0 Å². The maximum Gasteiger partial charge on any atom is 0.259 e. The van der Waals surface area contributed by atoms with Crippen molar-refractivity contribution in [2.45, 2.75) is 38.6 Å². The van der Waals surface area contributed by atoms with Gasteiger partial charge in [-0.3, -0.25) is 14.7 Å². The molecular weight excluding hydrogens is 425 g/mol. The van der Waals surface area contributed by atoms with E-state index < -0.39 is 17.3 Å². The van der Waals surface area contributed by atoms with Crippen molar-refractivity contribution in [3.63, 3.8) is 0 Å². The van der Waals surface area contributed by atoms with Gasteiger partial charge in [0.1, 0.15) is 11.6 Å². The molecule has 0 aliphatic carbocycles. The fourth-order valence-electron chi connectivity index (χ4n) is 3.28. The molecule has 2 aromatic rings. The fraction of sp³-hybridized carbons (Fsp3) is 0.286. The molecule has 2 heterocycles. The van der Waals surface area contributed by atoms with Crippen LogP contribution in [0.2, 0.25) is 5.02 Å². The van der Waals surface area contributed by atoms with E-state index in [1.165, 1.54) is 12.1 Å². The van der Waals surface area contributed by atoms with Gasteiger partial charge < -0.3 is 4.90 Å². The van der Waals surface area contributed by atoms with E-state index in [1.807, 2.05) is 6.07 Å². The lowest BCUT2D eigenvalue weighted by Crippen LogP contribution is -2.44. The van der Waals surface area contributed by atoms with Gasteiger partial charge in [0.25, 0.3) is 5.91 Å². The number of unbranched alkanes of at least 4 members (excludes halogenated alkanes) is 1. The van der Waals surface area contributed by atoms with E-state index in [2.05, 4.69) is 11.1 Å². The van der Waals surface area contributed by atoms with Gasteiger partial charge in [-0.25, -0.2) is 4.39 Å². The van der Waals surface area contributed by atoms with Gasteiger partial charge in [0.2, 0.25) is 0 Å². The summed E-state index contributed by atoms with van der Waals surface area (Å²) in [6.07, 6.45) is 3.44. The second-order valence-corrected chi connectivity index (χ2v) is 7.95. The molecule has 152 valence electrons. The van der Waals surface area contributed by atoms with Crippen molar-refractivity contribution < 1.29 is 9.18 Å². The summed E-state index contributed by atoms with van der Waals surface area (Å²) >= 11 is 11.5. The number of aryl methyl sites for hydroxylation is 1. The van der Waals surface area contributed by atoms with Crippen molar-refractivity contribution >= 4 is 46.2 Å². The molecule has 6 nitrogen and oxygen atoms in total. The van der Waals surface area contributed by atoms with Crippen LogP contribution >= 0.6 is 23.8 Å². The van der Waals surface area contributed by atoms with Crippen LogP contribution in [0, 0.1) is 28.5 Å². The number of amides is 1. The minimum atomic E-state index is -1.09. The Morgan fingerprint density at radius 2 is 2.00 bits per heavy atom. The SMILES string of the molecule is CC1(C)C(=O)N(c2ccc(C#N)c(Cl)c2F)C(=S)N1c1ccc(CCCC#N)nc1. The first-order valence-electron chi connectivity index (χ1n) is 9.12. The molecule has 0 bridgehead atoms. The molecule has 0 spiro atoms. The third-order valence-electron chi connectivity index (χ3n) is 4.88. The number of aromatic nitrogens is 1. The summed E-state index contributed by atoms with van der Waals surface area (Å²) < 4.78 is 14.8. The van der Waals surface area contributed by atoms with Gasteiger partial charge in [0, 0.05) is 12.1 Å². The minimum absolute atomic E-state index is 0.0252. The molecule has 1 aliphatic rings. The van der Waals surface area contributed by atoms with Gasteiger partial charge in [-0.05, 0) is 63.2 Å². The highest BCUT2D eigenvalue weighted by Gasteiger charge is 2.51. The number of halogens is 2. The molecule has 30 heavy (non-hydrogen) atoms. The van der Waals surface area contributed by atoms with Crippen LogP contribution in [0.5, 0.6) is 0 Å². The molecule has 9 heteroatoms. The second-order valence-electron chi connectivity index (χ2n) is 7.21. The van der Waals surface area contributed by atoms with E-state index in [1.54, 1.807) is 37.1 Å². The van der Waals surface area contributed by atoms with Gasteiger partial charge in [-0.15, -0.1) is 0 Å². The average molecular weight is 442 g/mol. The molecule has 0 radical (unpaired) electrons. The van der Waals surface area contributed by atoms with Crippen LogP contribution in [-0.2, 0) is 11.2 Å². The van der Waals surface area contributed by atoms with Gasteiger partial charge in [0.15, 0.2) is 10.9 Å². The zero-order valence-electron chi connectivity index (χ0n) is 16.3. The quantitative estimate of drug-likeness (QED) is 0.501. The molecule has 1 aromatic carbocycles. The predicted octanol–water partition coefficient (Wildman–Crippen LogP) is 4.51. The highest BCUT2D eigenvalue weighted by molar-refractivity contribution is 7.81. The third-order valence-corrected chi connectivity index (χ3v) is 5.61. The number of benzene rings is 1. The monoisotopic (exact) mass is 441 g/mol. The smallest absolute Gasteiger partial charge is 0.259 e. The lowest BCUT2D eigenvalue weighted by atomic mass is 10.0. The summed E-state index contributed by atoms with van der Waals surface area (Å²) in [5, 5.41) is 17.4. The number of hydrogen-bond donors (Lipinski definition) is 0. The van der Waals surface area contributed by atoms with E-state index in [0.29, 0.717) is 24.9 Å². The Bertz CT molecular complexity index is 1100. The van der Waals surface area contributed by atoms with Crippen LogP contribution in [0.3, 0.4) is 0 Å². The standard InChI is InChI=1S/C21H17ClFN5OS/c1-21(2)19(29)27(16-9-6-13(11-25)17(22)18(16)23)20(30)28(21)15-8-7-14(26-12-15)5-3-4-10-24/h6-9,12H,3-5H2,1-2H3. The summed E-state index contributed by atoms with van der Waals surface area (Å²) in [5.74, 6) is -1.31. The Balaban J connectivity index is 1.97. The summed E-state index contributed by atoms with van der Waals surface area (Å²) in [6.45, 7) is 3.37. The first-order valence-corrected chi connectivity index (χ1v) is 9.91. The van der Waals surface area contributed by atoms with Crippen molar-refractivity contribution in [2.75, 3.05) is 9.80 Å². The molecule has 1 fully saturated rings. The van der Waals surface area contributed by atoms with Crippen LogP contribution in [-0.4, -0.2) is 21.5 Å². The van der Waals surface area contributed by atoms with Crippen molar-refractivity contribution in [1.82, 2.24) is 4.98 Å². The lowest BCUT2D eigenvalue weighted by molar-refractivity contribution is -0.120. The number of anilines is 2. The average Bonchev–Trinajstić information content (AvgIpc) is 2.89. The van der Waals surface area contributed by atoms with Crippen molar-refractivity contribution in [3.05, 3.63) is 52.6 Å². The molecule has 1 saturated heterocycles. The summed E-state index contributed by atoms with van der Waals surface area (Å²) in [6, 6.07) is 10.2. The minimum Gasteiger partial charge on any atom is -0.302 e. The number of nitrogens with zero attached hydrogens (tertiary/aromatic N) is 5. The fourth-order valence-corrected chi connectivity index (χ4v) is 4.00. The number of carbonyl (C=O) groups excluding carboxylic acids is 1. The molecule has 0 N–H and O–H groups in total. The van der Waals surface area contributed by atoms with E-state index in [9.17, 15) is 9.18 Å². The molecule has 3 rings (SSSR count). The first-order chi connectivity index (χ1) is 14.2. The Kier molecular flexibility index (Phi) is 6.02. The van der Waals surface area contributed by atoms with Crippen LogP contribution < -0.4 is 9.80 Å². The Morgan fingerprint density at radius 3 is 2.60 bits per heavy atom. The van der Waals surface area contributed by atoms with Crippen LogP contribution in [0.4, 0.5) is 15.8 Å². The lowest BCUT2D eigenvalue weighted by Gasteiger charge is -2.29. The highest BCUT2D eigenvalue weighted by Crippen LogP contribution is 2.38. The number of thiocarbonyl (C=S) groups is 1. The maximum atomic E-state index is 14.8. The zero-order chi connectivity index (χ0) is 22.1. The molecule has 0 atom stereocenters. The third kappa shape index (κ3) is 3.60. The van der Waals surface area contributed by atoms with E-state index in [0.717, 1.165) is 10.6 Å². The number of pyridine rings is 1. The number of carbonyl (C=O) groups is 1. The summed E-state index contributed by atoms with van der Waals surface area (Å²) in [7, 11) is 0. The Hall–Kier alpha value is -3.07. The van der Waals surface area contributed by atoms with Crippen LogP contribution in [0.25, 0.3) is 0 Å². The highest BCUT2D eigenvalue weighted by atomic mass is 35.5. The number of nitriles is 2. The molecular formula is C21H17ClFN5OS. The van der Waals surface area contributed by atoms with E-state index in [-0.39, 0.29) is 21.4 Å². The van der Waals surface area contributed by atoms with Crippen molar-refractivity contribution in [3.8, 4) is 12.1 Å². The predicted molar refractivity (Wildman–Crippen MR) is 116 cm³/mol. The topological polar surface area (TPSA) is 84.0 Å². The molecule has 0 saturated carbocycles. The van der Waals surface area contributed by atoms with Gasteiger partial charge >= 0.3 is 0 Å². The Labute approximate surface area is 184 Å². The van der Waals surface area contributed by atoms with Gasteiger partial charge in [-0.1, -0.05) is 11.6 Å². The van der Waals surface area contributed by atoms with Crippen molar-refractivity contribution in [1.29, 1.82) is 10.5 Å². The molecule has 1 amide bonds. The second kappa shape index (κ2) is 8.35. The van der Waals surface area contributed by atoms with Crippen molar-refractivity contribution in [2.24, 2.45) is 0 Å². The number of hydrogen-bond acceptors (Lipinski definition) is 5. The number of rotatable bonds is 5. The first kappa shape index (κ1) is 21.6. The van der Waals surface area contributed by atoms with E-state index in [4.69, 9.17) is 34.3 Å². The molecule has 1 aliphatic heterocycles. The van der Waals surface area contributed by atoms with Crippen LogP contribution in [0.15, 0.2) is 30.5 Å². The Morgan fingerprint density at radius 1 is 1.27 bits per heavy atom. The van der Waals surface area contributed by atoms with Gasteiger partial charge in [0.05, 0.1) is 34.2 Å². The maximum absolute atomic E-state index is 14.8. The molecule has 1 aromatic heterocycles. The normalized spacial score (nSPS) is 15.3. The zero-order valence-corrected chi connectivity index (χ0v) is 17.9. The molecule has 0 unspecified atom stereocenters. The van der Waals surface area contributed by atoms with Gasteiger partial charge in [-0.2, -0.15) is 10.5 Å². The van der Waals surface area contributed by atoms with Crippen LogP contribution in [0.1, 0.15) is 37.9 Å². The summed E-state index contributed by atoms with van der Waals surface area (Å²) in [5.41, 5.74) is 0.192. The largest absolute Gasteiger partial charge is 0.302 e. The summed E-state index contributed by atoms with van der Waals surface area (Å²) in [4.78, 5) is 20.3.